The van der Waals surface area contributed by atoms with Gasteiger partial charge in [0.25, 0.3) is 0 Å². The van der Waals surface area contributed by atoms with E-state index >= 15 is 0 Å². The van der Waals surface area contributed by atoms with Gasteiger partial charge in [0.15, 0.2) is 6.29 Å². The maximum absolute atomic E-state index is 5.90. The van der Waals surface area contributed by atoms with E-state index in [4.69, 9.17) is 14.2 Å². The van der Waals surface area contributed by atoms with E-state index in [-0.39, 0.29) is 12.4 Å². The largest absolute Gasteiger partial charge is 0.369 e. The molecule has 2 aromatic carbocycles. The summed E-state index contributed by atoms with van der Waals surface area (Å²) < 4.78 is 17.4. The van der Waals surface area contributed by atoms with Crippen LogP contribution in [0, 0.1) is 13.8 Å². The van der Waals surface area contributed by atoms with E-state index in [0.717, 1.165) is 5.56 Å². The van der Waals surface area contributed by atoms with Crippen molar-refractivity contribution in [2.75, 3.05) is 13.2 Å². The molecule has 116 valence electrons. The molecule has 1 aliphatic rings. The monoisotopic (exact) mass is 298 g/mol. The highest BCUT2D eigenvalue weighted by Crippen LogP contribution is 2.24. The minimum Gasteiger partial charge on any atom is -0.369 e. The normalized spacial score (nSPS) is 21.7. The molecule has 1 saturated heterocycles. The summed E-state index contributed by atoms with van der Waals surface area (Å²) in [5.41, 5.74) is 4.84. The van der Waals surface area contributed by atoms with Gasteiger partial charge in [0.2, 0.25) is 0 Å². The van der Waals surface area contributed by atoms with Crippen molar-refractivity contribution in [2.24, 2.45) is 0 Å². The van der Waals surface area contributed by atoms with Gasteiger partial charge in [-0.1, -0.05) is 48.5 Å². The molecule has 0 amide bonds. The first-order valence-corrected chi connectivity index (χ1v) is 7.68. The second-order valence-corrected chi connectivity index (χ2v) is 5.76. The van der Waals surface area contributed by atoms with E-state index in [9.17, 15) is 0 Å². The maximum Gasteiger partial charge on any atom is 0.184 e. The van der Waals surface area contributed by atoms with Crippen LogP contribution in [0.2, 0.25) is 0 Å². The Kier molecular flexibility index (Phi) is 4.88. The maximum atomic E-state index is 5.90. The fraction of sp³-hybridized carbons (Fsp3) is 0.368. The van der Waals surface area contributed by atoms with Gasteiger partial charge < -0.3 is 14.2 Å². The lowest BCUT2D eigenvalue weighted by Gasteiger charge is -2.29. The van der Waals surface area contributed by atoms with Crippen molar-refractivity contribution in [1.29, 1.82) is 0 Å². The lowest BCUT2D eigenvalue weighted by molar-refractivity contribution is -0.232. The van der Waals surface area contributed by atoms with E-state index in [1.165, 1.54) is 16.7 Å². The Morgan fingerprint density at radius 3 is 2.36 bits per heavy atom. The predicted octanol–water partition coefficient (Wildman–Crippen LogP) is 3.93. The summed E-state index contributed by atoms with van der Waals surface area (Å²) in [6.45, 7) is 5.95. The molecular formula is C19H22O3. The summed E-state index contributed by atoms with van der Waals surface area (Å²) in [5, 5.41) is 0. The smallest absolute Gasteiger partial charge is 0.184 e. The van der Waals surface area contributed by atoms with E-state index < -0.39 is 0 Å². The van der Waals surface area contributed by atoms with Gasteiger partial charge in [-0.2, -0.15) is 0 Å². The summed E-state index contributed by atoms with van der Waals surface area (Å²) in [6, 6.07) is 16.4. The molecule has 3 nitrogen and oxygen atoms in total. The van der Waals surface area contributed by atoms with Crippen LogP contribution in [0.4, 0.5) is 0 Å². The minimum atomic E-state index is -0.275. The van der Waals surface area contributed by atoms with Crippen LogP contribution < -0.4 is 0 Å². The SMILES string of the molecule is Cc1ccc(COC2COC(c3ccccc3)OC2)cc1C. The van der Waals surface area contributed by atoms with Crippen LogP contribution in [0.15, 0.2) is 48.5 Å². The first-order chi connectivity index (χ1) is 10.7. The van der Waals surface area contributed by atoms with Crippen molar-refractivity contribution in [3.8, 4) is 0 Å². The average Bonchev–Trinajstić information content (AvgIpc) is 2.57. The third-order valence-electron chi connectivity index (χ3n) is 4.00. The molecule has 1 fully saturated rings. The van der Waals surface area contributed by atoms with Gasteiger partial charge in [-0.15, -0.1) is 0 Å². The van der Waals surface area contributed by atoms with Crippen molar-refractivity contribution in [1.82, 2.24) is 0 Å². The van der Waals surface area contributed by atoms with E-state index in [1.54, 1.807) is 0 Å². The Labute approximate surface area is 131 Å². The van der Waals surface area contributed by atoms with Crippen molar-refractivity contribution < 1.29 is 14.2 Å². The number of benzene rings is 2. The van der Waals surface area contributed by atoms with Gasteiger partial charge >= 0.3 is 0 Å². The van der Waals surface area contributed by atoms with Crippen molar-refractivity contribution in [3.05, 3.63) is 70.8 Å². The van der Waals surface area contributed by atoms with Crippen LogP contribution in [-0.4, -0.2) is 19.3 Å². The Morgan fingerprint density at radius 1 is 0.955 bits per heavy atom. The van der Waals surface area contributed by atoms with Crippen molar-refractivity contribution >= 4 is 0 Å². The topological polar surface area (TPSA) is 27.7 Å². The van der Waals surface area contributed by atoms with Gasteiger partial charge in [0.1, 0.15) is 6.10 Å². The Hall–Kier alpha value is -1.68. The quantitative estimate of drug-likeness (QED) is 0.856. The molecule has 0 bridgehead atoms. The molecule has 22 heavy (non-hydrogen) atoms. The lowest BCUT2D eigenvalue weighted by Crippen LogP contribution is -2.33. The number of ether oxygens (including phenoxy) is 3. The first kappa shape index (κ1) is 15.2. The molecule has 0 unspecified atom stereocenters. The zero-order valence-electron chi connectivity index (χ0n) is 13.1. The fourth-order valence-electron chi connectivity index (χ4n) is 2.49. The second-order valence-electron chi connectivity index (χ2n) is 5.76. The number of aryl methyl sites for hydroxylation is 2. The number of rotatable bonds is 4. The molecule has 3 rings (SSSR count). The standard InChI is InChI=1S/C19H22O3/c1-14-8-9-16(10-15(14)2)11-20-18-12-21-19(22-13-18)17-6-4-3-5-7-17/h3-10,18-19H,11-13H2,1-2H3. The fourth-order valence-corrected chi connectivity index (χ4v) is 2.49. The molecular weight excluding hydrogens is 276 g/mol. The molecule has 0 N–H and O–H groups in total. The van der Waals surface area contributed by atoms with Crippen LogP contribution in [0.1, 0.15) is 28.5 Å². The van der Waals surface area contributed by atoms with E-state index in [0.29, 0.717) is 19.8 Å². The third-order valence-corrected chi connectivity index (χ3v) is 4.00. The van der Waals surface area contributed by atoms with Crippen LogP contribution in [0.25, 0.3) is 0 Å². The van der Waals surface area contributed by atoms with Crippen LogP contribution in [-0.2, 0) is 20.8 Å². The summed E-state index contributed by atoms with van der Waals surface area (Å²) in [6.07, 6.45) is -0.288. The summed E-state index contributed by atoms with van der Waals surface area (Å²) in [7, 11) is 0. The first-order valence-electron chi connectivity index (χ1n) is 7.68. The molecule has 0 aliphatic carbocycles. The number of hydrogen-bond acceptors (Lipinski definition) is 3. The highest BCUT2D eigenvalue weighted by atomic mass is 16.7. The third kappa shape index (κ3) is 3.74. The van der Waals surface area contributed by atoms with Crippen LogP contribution in [0.3, 0.4) is 0 Å². The molecule has 3 heteroatoms. The molecule has 1 aliphatic heterocycles. The van der Waals surface area contributed by atoms with Crippen LogP contribution >= 0.6 is 0 Å². The highest BCUT2D eigenvalue weighted by molar-refractivity contribution is 5.29. The molecule has 0 radical (unpaired) electrons. The summed E-state index contributed by atoms with van der Waals surface area (Å²) in [4.78, 5) is 0. The molecule has 2 aromatic rings. The lowest BCUT2D eigenvalue weighted by atomic mass is 10.1. The van der Waals surface area contributed by atoms with Gasteiger partial charge in [-0.3, -0.25) is 0 Å². The van der Waals surface area contributed by atoms with Gasteiger partial charge in [-0.05, 0) is 30.5 Å². The summed E-state index contributed by atoms with van der Waals surface area (Å²) in [5.74, 6) is 0. The number of hydrogen-bond donors (Lipinski definition) is 0. The Balaban J connectivity index is 1.49. The Bertz CT molecular complexity index is 601. The highest BCUT2D eigenvalue weighted by Gasteiger charge is 2.23. The predicted molar refractivity (Wildman–Crippen MR) is 85.6 cm³/mol. The molecule has 0 aromatic heterocycles. The van der Waals surface area contributed by atoms with Crippen molar-refractivity contribution in [2.45, 2.75) is 32.8 Å². The van der Waals surface area contributed by atoms with Crippen molar-refractivity contribution in [3.63, 3.8) is 0 Å². The summed E-state index contributed by atoms with van der Waals surface area (Å²) >= 11 is 0. The van der Waals surface area contributed by atoms with Gasteiger partial charge in [0, 0.05) is 5.56 Å². The molecule has 0 atom stereocenters. The molecule has 0 spiro atoms. The Morgan fingerprint density at radius 2 is 1.68 bits per heavy atom. The van der Waals surface area contributed by atoms with Gasteiger partial charge in [-0.25, -0.2) is 0 Å². The van der Waals surface area contributed by atoms with E-state index in [2.05, 4.69) is 32.0 Å². The average molecular weight is 298 g/mol. The van der Waals surface area contributed by atoms with Gasteiger partial charge in [0.05, 0.1) is 19.8 Å². The molecule has 1 heterocycles. The zero-order valence-corrected chi connectivity index (χ0v) is 13.1. The molecule has 0 saturated carbocycles. The van der Waals surface area contributed by atoms with E-state index in [1.807, 2.05) is 30.3 Å². The second kappa shape index (κ2) is 7.05. The minimum absolute atomic E-state index is 0.0124. The van der Waals surface area contributed by atoms with Crippen LogP contribution in [0.5, 0.6) is 0 Å². The zero-order chi connectivity index (χ0) is 15.4.